The van der Waals surface area contributed by atoms with E-state index < -0.39 is 0 Å². The average Bonchev–Trinajstić information content (AvgIpc) is 2.99. The number of halogens is 1. The molecule has 5 nitrogen and oxygen atoms in total. The van der Waals surface area contributed by atoms with E-state index in [1.54, 1.807) is 16.3 Å². The van der Waals surface area contributed by atoms with Gasteiger partial charge in [-0.15, -0.1) is 11.8 Å². The fraction of sp³-hybridized carbons (Fsp3) is 0.333. The second-order valence-corrected chi connectivity index (χ2v) is 12.0. The number of Topliss-reactive ketones (excluding diaryl/α,β-unsaturated/α-hetero) is 1. The highest BCUT2D eigenvalue weighted by Gasteiger charge is 2.23. The molecule has 208 valence electrons. The summed E-state index contributed by atoms with van der Waals surface area (Å²) >= 11 is 5.35. The summed E-state index contributed by atoms with van der Waals surface area (Å²) in [6.07, 6.45) is 4.53. The number of carbonyl (C=O) groups excluding carboxylic acids is 1. The fourth-order valence-corrected chi connectivity index (χ4v) is 6.29. The smallest absolute Gasteiger partial charge is 0.259 e. The van der Waals surface area contributed by atoms with Crippen LogP contribution in [0.2, 0.25) is 0 Å². The molecule has 0 spiro atoms. The van der Waals surface area contributed by atoms with Crippen molar-refractivity contribution in [3.8, 4) is 11.1 Å². The molecule has 3 aromatic carbocycles. The third-order valence-corrected chi connectivity index (χ3v) is 8.74. The van der Waals surface area contributed by atoms with Gasteiger partial charge in [0.15, 0.2) is 12.1 Å². The first-order valence-corrected chi connectivity index (χ1v) is 15.7. The molecule has 0 radical (unpaired) electrons. The van der Waals surface area contributed by atoms with E-state index in [0.717, 1.165) is 58.2 Å². The van der Waals surface area contributed by atoms with E-state index in [4.69, 9.17) is 9.47 Å². The Bertz CT molecular complexity index is 1510. The van der Waals surface area contributed by atoms with E-state index >= 15 is 0 Å². The van der Waals surface area contributed by atoms with Crippen molar-refractivity contribution in [3.63, 3.8) is 0 Å². The first kappa shape index (κ1) is 28.8. The van der Waals surface area contributed by atoms with Crippen molar-refractivity contribution in [2.45, 2.75) is 56.8 Å². The number of hydrogen-bond acceptors (Lipinski definition) is 5. The van der Waals surface area contributed by atoms with Gasteiger partial charge in [0.2, 0.25) is 0 Å². The summed E-state index contributed by atoms with van der Waals surface area (Å²) in [4.78, 5) is 28.4. The molecule has 1 atom stereocenters. The van der Waals surface area contributed by atoms with Crippen LogP contribution >= 0.6 is 27.7 Å². The van der Waals surface area contributed by atoms with Gasteiger partial charge in [0.1, 0.15) is 0 Å². The number of fused-ring (bicyclic) bond motifs is 1. The second kappa shape index (κ2) is 13.8. The van der Waals surface area contributed by atoms with Crippen molar-refractivity contribution in [1.29, 1.82) is 0 Å². The topological polar surface area (TPSA) is 57.5 Å². The van der Waals surface area contributed by atoms with Crippen LogP contribution < -0.4 is 5.56 Å². The van der Waals surface area contributed by atoms with E-state index in [1.807, 2.05) is 55.5 Å². The molecule has 5 rings (SSSR count). The number of benzene rings is 3. The molecule has 40 heavy (non-hydrogen) atoms. The molecule has 1 unspecified atom stereocenters. The minimum atomic E-state index is -0.153. The summed E-state index contributed by atoms with van der Waals surface area (Å²) in [5, 5.41) is 1.38. The van der Waals surface area contributed by atoms with Gasteiger partial charge in [-0.1, -0.05) is 65.3 Å². The molecule has 1 fully saturated rings. The summed E-state index contributed by atoms with van der Waals surface area (Å²) in [6, 6.07) is 23.8. The normalized spacial score (nSPS) is 15.4. The van der Waals surface area contributed by atoms with Crippen LogP contribution in [0.1, 0.15) is 55.1 Å². The van der Waals surface area contributed by atoms with Gasteiger partial charge < -0.3 is 9.47 Å². The standard InChI is InChI=1S/C33H34BrNO4S/c1-2-29(36)32-31(24-9-4-3-5-10-24)28-21-25(34)14-17-27(28)33(37)35(32)22-23-12-15-26(16-13-23)40-20-8-19-39-30-11-6-7-18-38-30/h3-5,9-10,12-17,21,30H,2,6-8,11,18-20,22H2,1H3. The molecule has 0 amide bonds. The molecule has 0 aliphatic carbocycles. The minimum Gasteiger partial charge on any atom is -0.353 e. The summed E-state index contributed by atoms with van der Waals surface area (Å²) < 4.78 is 14.0. The zero-order valence-corrected chi connectivity index (χ0v) is 25.1. The summed E-state index contributed by atoms with van der Waals surface area (Å²) in [6.45, 7) is 3.67. The zero-order chi connectivity index (χ0) is 27.9. The van der Waals surface area contributed by atoms with Gasteiger partial charge in [0.05, 0.1) is 18.8 Å². The quantitative estimate of drug-likeness (QED) is 0.0964. The van der Waals surface area contributed by atoms with Crippen molar-refractivity contribution in [2.75, 3.05) is 19.0 Å². The van der Waals surface area contributed by atoms with Crippen LogP contribution in [0.15, 0.2) is 87.0 Å². The number of thioether (sulfide) groups is 1. The number of rotatable bonds is 11. The van der Waals surface area contributed by atoms with Crippen LogP contribution in [0, 0.1) is 0 Å². The lowest BCUT2D eigenvalue weighted by Crippen LogP contribution is -2.28. The van der Waals surface area contributed by atoms with Gasteiger partial charge in [-0.25, -0.2) is 0 Å². The molecule has 1 aromatic heterocycles. The molecular formula is C33H34BrNO4S. The van der Waals surface area contributed by atoms with E-state index in [2.05, 4.69) is 40.2 Å². The highest BCUT2D eigenvalue weighted by Crippen LogP contribution is 2.33. The Morgan fingerprint density at radius 3 is 2.58 bits per heavy atom. The van der Waals surface area contributed by atoms with Gasteiger partial charge in [-0.3, -0.25) is 14.2 Å². The number of ether oxygens (including phenoxy) is 2. The number of hydrogen-bond donors (Lipinski definition) is 0. The monoisotopic (exact) mass is 619 g/mol. The molecule has 1 aliphatic heterocycles. The summed E-state index contributed by atoms with van der Waals surface area (Å²) in [5.41, 5.74) is 3.01. The molecule has 1 aliphatic rings. The van der Waals surface area contributed by atoms with E-state index in [1.165, 1.54) is 11.3 Å². The molecular weight excluding hydrogens is 586 g/mol. The number of ketones is 1. The Hall–Kier alpha value is -2.71. The van der Waals surface area contributed by atoms with Gasteiger partial charge in [-0.2, -0.15) is 0 Å². The molecule has 2 heterocycles. The van der Waals surface area contributed by atoms with E-state index in [-0.39, 0.29) is 17.6 Å². The Labute approximate surface area is 248 Å². The molecule has 4 aromatic rings. The second-order valence-electron chi connectivity index (χ2n) is 9.96. The number of aromatic nitrogens is 1. The predicted molar refractivity (Wildman–Crippen MR) is 166 cm³/mol. The number of carbonyl (C=O) groups is 1. The molecule has 7 heteroatoms. The lowest BCUT2D eigenvalue weighted by atomic mass is 9.94. The third-order valence-electron chi connectivity index (χ3n) is 7.14. The summed E-state index contributed by atoms with van der Waals surface area (Å²) in [5.74, 6) is 0.910. The maximum absolute atomic E-state index is 13.8. The Kier molecular flexibility index (Phi) is 9.92. The highest BCUT2D eigenvalue weighted by atomic mass is 79.9. The Morgan fingerprint density at radius 1 is 1.05 bits per heavy atom. The SMILES string of the molecule is CCC(=O)c1c(-c2ccccc2)c2cc(Br)ccc2c(=O)n1Cc1ccc(SCCCOC2CCCCO2)cc1. The maximum atomic E-state index is 13.8. The van der Waals surface area contributed by atoms with Crippen LogP contribution in [-0.4, -0.2) is 35.6 Å². The number of nitrogens with zero attached hydrogens (tertiary/aromatic N) is 1. The van der Waals surface area contributed by atoms with Crippen molar-refractivity contribution in [1.82, 2.24) is 4.57 Å². The first-order valence-electron chi connectivity index (χ1n) is 13.9. The van der Waals surface area contributed by atoms with Gasteiger partial charge >= 0.3 is 0 Å². The van der Waals surface area contributed by atoms with E-state index in [0.29, 0.717) is 30.7 Å². The lowest BCUT2D eigenvalue weighted by molar-refractivity contribution is -0.162. The van der Waals surface area contributed by atoms with Crippen LogP contribution in [0.25, 0.3) is 21.9 Å². The minimum absolute atomic E-state index is 0.0371. The predicted octanol–water partition coefficient (Wildman–Crippen LogP) is 8.10. The van der Waals surface area contributed by atoms with Crippen molar-refractivity contribution < 1.29 is 14.3 Å². The molecule has 0 N–H and O–H groups in total. The molecule has 0 bridgehead atoms. The molecule has 1 saturated heterocycles. The largest absolute Gasteiger partial charge is 0.353 e. The van der Waals surface area contributed by atoms with Crippen LogP contribution in [0.4, 0.5) is 0 Å². The third kappa shape index (κ3) is 6.77. The van der Waals surface area contributed by atoms with Crippen LogP contribution in [-0.2, 0) is 16.0 Å². The zero-order valence-electron chi connectivity index (χ0n) is 22.7. The number of pyridine rings is 1. The van der Waals surface area contributed by atoms with Gasteiger partial charge in [0, 0.05) is 39.1 Å². The first-order chi connectivity index (χ1) is 19.5. The van der Waals surface area contributed by atoms with Crippen molar-refractivity contribution in [2.24, 2.45) is 0 Å². The average molecular weight is 621 g/mol. The van der Waals surface area contributed by atoms with Crippen LogP contribution in [0.5, 0.6) is 0 Å². The van der Waals surface area contributed by atoms with Gasteiger partial charge in [0.25, 0.3) is 5.56 Å². The lowest BCUT2D eigenvalue weighted by Gasteiger charge is -2.22. The Balaban J connectivity index is 1.38. The summed E-state index contributed by atoms with van der Waals surface area (Å²) in [7, 11) is 0. The van der Waals surface area contributed by atoms with Gasteiger partial charge in [-0.05, 0) is 72.5 Å². The van der Waals surface area contributed by atoms with E-state index in [9.17, 15) is 9.59 Å². The van der Waals surface area contributed by atoms with Crippen molar-refractivity contribution in [3.05, 3.63) is 98.9 Å². The van der Waals surface area contributed by atoms with Crippen molar-refractivity contribution >= 4 is 44.2 Å². The Morgan fingerprint density at radius 2 is 1.85 bits per heavy atom. The molecule has 0 saturated carbocycles. The maximum Gasteiger partial charge on any atom is 0.259 e. The fourth-order valence-electron chi connectivity index (χ4n) is 5.10. The highest BCUT2D eigenvalue weighted by molar-refractivity contribution is 9.10. The van der Waals surface area contributed by atoms with Crippen LogP contribution in [0.3, 0.4) is 0 Å².